The molecule has 2 aromatic rings. The summed E-state index contributed by atoms with van der Waals surface area (Å²) >= 11 is 10.7. The quantitative estimate of drug-likeness (QED) is 0.837. The van der Waals surface area contributed by atoms with E-state index in [1.54, 1.807) is 17.5 Å². The minimum absolute atomic E-state index is 0.425. The number of aromatic nitrogens is 2. The van der Waals surface area contributed by atoms with Crippen LogP contribution in [0.1, 0.15) is 0 Å². The molecule has 2 rings (SSSR count). The first-order valence-corrected chi connectivity index (χ1v) is 5.25. The van der Waals surface area contributed by atoms with Crippen LogP contribution in [0, 0.1) is 0 Å². The fourth-order valence-corrected chi connectivity index (χ4v) is 2.42. The van der Waals surface area contributed by atoms with Crippen molar-refractivity contribution in [2.45, 2.75) is 0 Å². The Kier molecular flexibility index (Phi) is 2.21. The Labute approximate surface area is 86.7 Å². The van der Waals surface area contributed by atoms with E-state index in [4.69, 9.17) is 11.6 Å². The van der Waals surface area contributed by atoms with Crippen LogP contribution in [0.3, 0.4) is 0 Å². The lowest BCUT2D eigenvalue weighted by Crippen LogP contribution is -1.68. The van der Waals surface area contributed by atoms with E-state index in [0.29, 0.717) is 5.28 Å². The summed E-state index contributed by atoms with van der Waals surface area (Å²) in [6, 6.07) is 2.02. The molecule has 0 spiro atoms. The third kappa shape index (κ3) is 1.55. The van der Waals surface area contributed by atoms with Crippen molar-refractivity contribution >= 4 is 38.9 Å². The number of hydrogen-bond donors (Lipinski definition) is 1. The molecule has 0 amide bonds. The molecule has 0 fully saturated rings. The van der Waals surface area contributed by atoms with Crippen molar-refractivity contribution in [2.24, 2.45) is 0 Å². The third-order valence-electron chi connectivity index (χ3n) is 1.38. The molecular weight excluding hydrogens is 260 g/mol. The van der Waals surface area contributed by atoms with E-state index in [1.807, 2.05) is 11.4 Å². The van der Waals surface area contributed by atoms with Crippen molar-refractivity contribution in [1.82, 2.24) is 9.97 Å². The van der Waals surface area contributed by atoms with E-state index < -0.39 is 0 Å². The average molecular weight is 264 g/mol. The lowest BCUT2D eigenvalue weighted by atomic mass is 10.4. The summed E-state index contributed by atoms with van der Waals surface area (Å²) in [7, 11) is 0. The van der Waals surface area contributed by atoms with Gasteiger partial charge in [0.15, 0.2) is 5.28 Å². The summed E-state index contributed by atoms with van der Waals surface area (Å²) in [6.45, 7) is 0. The minimum atomic E-state index is 0.425. The zero-order valence-electron chi connectivity index (χ0n) is 5.84. The van der Waals surface area contributed by atoms with Gasteiger partial charge in [-0.2, -0.15) is 0 Å². The number of H-pyrrole nitrogens is 1. The summed E-state index contributed by atoms with van der Waals surface area (Å²) in [5.41, 5.74) is 0.954. The predicted octanol–water partition coefficient (Wildman–Crippen LogP) is 3.55. The zero-order valence-corrected chi connectivity index (χ0v) is 9.00. The Bertz CT molecular complexity index is 357. The largest absolute Gasteiger partial charge is 0.328 e. The molecule has 2 aromatic heterocycles. The van der Waals surface area contributed by atoms with Gasteiger partial charge in [-0.25, -0.2) is 4.98 Å². The van der Waals surface area contributed by atoms with Gasteiger partial charge in [0.2, 0.25) is 0 Å². The normalized spacial score (nSPS) is 10.5. The van der Waals surface area contributed by atoms with E-state index >= 15 is 0 Å². The van der Waals surface area contributed by atoms with Gasteiger partial charge in [-0.05, 0) is 33.6 Å². The first-order valence-electron chi connectivity index (χ1n) is 3.20. The maximum atomic E-state index is 5.64. The number of nitrogens with zero attached hydrogens (tertiary/aromatic N) is 1. The van der Waals surface area contributed by atoms with Crippen LogP contribution in [0.5, 0.6) is 0 Å². The SMILES string of the molecule is Clc1ncc(-c2cc(Br)cs2)[nH]1. The Balaban J connectivity index is 2.43. The summed E-state index contributed by atoms with van der Waals surface area (Å²) in [5.74, 6) is 0. The topological polar surface area (TPSA) is 28.7 Å². The number of halogens is 2. The van der Waals surface area contributed by atoms with Crippen LogP contribution >= 0.6 is 38.9 Å². The van der Waals surface area contributed by atoms with Crippen molar-refractivity contribution in [1.29, 1.82) is 0 Å². The first kappa shape index (κ1) is 8.29. The second-order valence-electron chi connectivity index (χ2n) is 2.22. The Hall–Kier alpha value is -0.320. The molecule has 0 aliphatic rings. The van der Waals surface area contributed by atoms with Gasteiger partial charge in [0.1, 0.15) is 0 Å². The first-order chi connectivity index (χ1) is 5.75. The number of aromatic amines is 1. The van der Waals surface area contributed by atoms with E-state index in [1.165, 1.54) is 0 Å². The highest BCUT2D eigenvalue weighted by Gasteiger charge is 2.03. The van der Waals surface area contributed by atoms with Gasteiger partial charge in [-0.1, -0.05) is 0 Å². The zero-order chi connectivity index (χ0) is 8.55. The molecule has 12 heavy (non-hydrogen) atoms. The summed E-state index contributed by atoms with van der Waals surface area (Å²) in [6.07, 6.45) is 1.72. The predicted molar refractivity (Wildman–Crippen MR) is 54.6 cm³/mol. The fraction of sp³-hybridized carbons (Fsp3) is 0. The lowest BCUT2D eigenvalue weighted by Gasteiger charge is -1.86. The van der Waals surface area contributed by atoms with E-state index in [-0.39, 0.29) is 0 Å². The summed E-state index contributed by atoms with van der Waals surface area (Å²) in [4.78, 5) is 7.98. The van der Waals surface area contributed by atoms with Crippen molar-refractivity contribution < 1.29 is 0 Å². The molecule has 2 nitrogen and oxygen atoms in total. The van der Waals surface area contributed by atoms with Crippen molar-refractivity contribution in [2.75, 3.05) is 0 Å². The molecule has 2 heterocycles. The molecule has 0 saturated heterocycles. The molecule has 1 N–H and O–H groups in total. The highest BCUT2D eigenvalue weighted by atomic mass is 79.9. The monoisotopic (exact) mass is 262 g/mol. The third-order valence-corrected chi connectivity index (χ3v) is 3.29. The molecule has 0 bridgehead atoms. The molecule has 0 aromatic carbocycles. The molecule has 0 saturated carbocycles. The van der Waals surface area contributed by atoms with Crippen LogP contribution in [0.15, 0.2) is 22.1 Å². The molecule has 0 unspecified atom stereocenters. The molecule has 0 aliphatic carbocycles. The van der Waals surface area contributed by atoms with Gasteiger partial charge in [-0.15, -0.1) is 11.3 Å². The molecule has 0 radical (unpaired) electrons. The van der Waals surface area contributed by atoms with E-state index in [0.717, 1.165) is 15.0 Å². The smallest absolute Gasteiger partial charge is 0.200 e. The fourth-order valence-electron chi connectivity index (χ4n) is 0.876. The van der Waals surface area contributed by atoms with Gasteiger partial charge in [-0.3, -0.25) is 0 Å². The number of rotatable bonds is 1. The standard InChI is InChI=1S/C7H4BrClN2S/c8-4-1-6(12-3-4)5-2-10-7(9)11-5/h1-3H,(H,10,11). The number of hydrogen-bond acceptors (Lipinski definition) is 2. The second kappa shape index (κ2) is 3.20. The van der Waals surface area contributed by atoms with Gasteiger partial charge >= 0.3 is 0 Å². The van der Waals surface area contributed by atoms with Crippen molar-refractivity contribution in [3.63, 3.8) is 0 Å². The average Bonchev–Trinajstić information content (AvgIpc) is 2.58. The van der Waals surface area contributed by atoms with Crippen LogP contribution < -0.4 is 0 Å². The maximum Gasteiger partial charge on any atom is 0.200 e. The molecular formula is C7H4BrClN2S. The lowest BCUT2D eigenvalue weighted by molar-refractivity contribution is 1.31. The van der Waals surface area contributed by atoms with Crippen LogP contribution in [0.25, 0.3) is 10.6 Å². The molecule has 0 atom stereocenters. The van der Waals surface area contributed by atoms with Crippen LogP contribution in [0.4, 0.5) is 0 Å². The second-order valence-corrected chi connectivity index (χ2v) is 4.40. The van der Waals surface area contributed by atoms with Crippen LogP contribution in [-0.2, 0) is 0 Å². The molecule has 62 valence electrons. The van der Waals surface area contributed by atoms with Gasteiger partial charge in [0.25, 0.3) is 0 Å². The van der Waals surface area contributed by atoms with E-state index in [9.17, 15) is 0 Å². The Morgan fingerprint density at radius 2 is 2.42 bits per heavy atom. The Morgan fingerprint density at radius 1 is 1.58 bits per heavy atom. The van der Waals surface area contributed by atoms with Gasteiger partial charge in [0, 0.05) is 9.85 Å². The Morgan fingerprint density at radius 3 is 2.92 bits per heavy atom. The summed E-state index contributed by atoms with van der Waals surface area (Å²) in [5, 5.41) is 2.44. The highest BCUT2D eigenvalue weighted by Crippen LogP contribution is 2.28. The number of thiophene rings is 1. The highest BCUT2D eigenvalue weighted by molar-refractivity contribution is 9.10. The van der Waals surface area contributed by atoms with Gasteiger partial charge in [0.05, 0.1) is 16.8 Å². The number of nitrogens with one attached hydrogen (secondary N) is 1. The summed E-state index contributed by atoms with van der Waals surface area (Å²) < 4.78 is 1.08. The van der Waals surface area contributed by atoms with Crippen molar-refractivity contribution in [3.8, 4) is 10.6 Å². The minimum Gasteiger partial charge on any atom is -0.328 e. The van der Waals surface area contributed by atoms with Crippen molar-refractivity contribution in [3.05, 3.63) is 27.4 Å². The van der Waals surface area contributed by atoms with Gasteiger partial charge < -0.3 is 4.98 Å². The molecule has 5 heteroatoms. The van der Waals surface area contributed by atoms with Crippen LogP contribution in [-0.4, -0.2) is 9.97 Å². The maximum absolute atomic E-state index is 5.64. The molecule has 0 aliphatic heterocycles. The van der Waals surface area contributed by atoms with Crippen LogP contribution in [0.2, 0.25) is 5.28 Å². The van der Waals surface area contributed by atoms with E-state index in [2.05, 4.69) is 25.9 Å². The number of imidazole rings is 1.